The van der Waals surface area contributed by atoms with Crippen LogP contribution in [0.2, 0.25) is 0 Å². The molecule has 10 heteroatoms. The van der Waals surface area contributed by atoms with Crippen molar-refractivity contribution in [3.05, 3.63) is 59.0 Å². The highest BCUT2D eigenvalue weighted by atomic mass is 32.1. The van der Waals surface area contributed by atoms with Crippen molar-refractivity contribution in [1.29, 1.82) is 0 Å². The van der Waals surface area contributed by atoms with E-state index in [-0.39, 0.29) is 17.4 Å². The predicted molar refractivity (Wildman–Crippen MR) is 141 cm³/mol. The van der Waals surface area contributed by atoms with Crippen LogP contribution in [0.25, 0.3) is 15.3 Å². The summed E-state index contributed by atoms with van der Waals surface area (Å²) in [5, 5.41) is 11.0. The summed E-state index contributed by atoms with van der Waals surface area (Å²) in [5.41, 5.74) is 2.53. The van der Waals surface area contributed by atoms with Crippen LogP contribution in [0.4, 0.5) is 5.00 Å². The molecule has 8 nitrogen and oxygen atoms in total. The van der Waals surface area contributed by atoms with Crippen LogP contribution in [0.15, 0.2) is 43.0 Å². The molecular weight excluding hydrogens is 480 g/mol. The fraction of sp³-hybridized carbons (Fsp3) is 0.360. The first kappa shape index (κ1) is 23.7. The average molecular weight is 509 g/mol. The van der Waals surface area contributed by atoms with Gasteiger partial charge >= 0.3 is 0 Å². The van der Waals surface area contributed by atoms with Crippen LogP contribution < -0.4 is 10.6 Å². The minimum Gasteiger partial charge on any atom is -0.350 e. The van der Waals surface area contributed by atoms with Gasteiger partial charge in [0.05, 0.1) is 26.5 Å². The van der Waals surface area contributed by atoms with Crippen molar-refractivity contribution >= 4 is 44.3 Å². The van der Waals surface area contributed by atoms with E-state index < -0.39 is 0 Å². The Morgan fingerprint density at radius 2 is 2.06 bits per heavy atom. The lowest BCUT2D eigenvalue weighted by Gasteiger charge is -2.31. The summed E-state index contributed by atoms with van der Waals surface area (Å²) in [5.74, 6) is -0.351. The monoisotopic (exact) mass is 508 g/mol. The molecule has 0 spiro atoms. The van der Waals surface area contributed by atoms with Crippen LogP contribution in [0, 0.1) is 6.92 Å². The number of nitrogens with zero attached hydrogens (tertiary/aromatic N) is 4. The summed E-state index contributed by atoms with van der Waals surface area (Å²) in [6.45, 7) is 8.93. The van der Waals surface area contributed by atoms with E-state index in [2.05, 4.69) is 39.5 Å². The molecule has 0 radical (unpaired) electrons. The van der Waals surface area contributed by atoms with Gasteiger partial charge < -0.3 is 10.6 Å². The second-order valence-electron chi connectivity index (χ2n) is 9.38. The smallest absolute Gasteiger partial charge is 0.261 e. The number of pyridine rings is 1. The SMILES string of the molecule is Cc1cc(C(=O)NCCN2CCCC2(C)C)sc1NC(=O)c1cnn2cc(-c3cccnc3)sc12. The number of hydrogen-bond acceptors (Lipinski definition) is 7. The van der Waals surface area contributed by atoms with E-state index >= 15 is 0 Å². The molecule has 0 aliphatic carbocycles. The third kappa shape index (κ3) is 4.86. The maximum atomic E-state index is 13.1. The Balaban J connectivity index is 1.24. The second kappa shape index (κ2) is 9.52. The van der Waals surface area contributed by atoms with Gasteiger partial charge in [-0.15, -0.1) is 22.7 Å². The Bertz CT molecular complexity index is 1370. The average Bonchev–Trinajstić information content (AvgIpc) is 3.58. The van der Waals surface area contributed by atoms with E-state index in [1.807, 2.05) is 31.3 Å². The number of amides is 2. The van der Waals surface area contributed by atoms with Crippen molar-refractivity contribution < 1.29 is 9.59 Å². The standard InChI is InChI=1S/C25H28N6O2S2/c1-16-12-19(22(33)27-9-11-30-10-5-7-25(30,2)3)34-23(16)29-21(32)18-14-28-31-15-20(35-24(18)31)17-6-4-8-26-13-17/h4,6,8,12-15H,5,7,9-11H2,1-3H3,(H,27,33)(H,29,32). The van der Waals surface area contributed by atoms with Crippen LogP contribution in [0.1, 0.15) is 52.3 Å². The van der Waals surface area contributed by atoms with Gasteiger partial charge in [0.2, 0.25) is 0 Å². The highest BCUT2D eigenvalue weighted by molar-refractivity contribution is 7.21. The van der Waals surface area contributed by atoms with E-state index in [9.17, 15) is 9.59 Å². The van der Waals surface area contributed by atoms with Gasteiger partial charge in [-0.05, 0) is 57.9 Å². The normalized spacial score (nSPS) is 15.5. The van der Waals surface area contributed by atoms with Crippen molar-refractivity contribution in [3.63, 3.8) is 0 Å². The van der Waals surface area contributed by atoms with Crippen molar-refractivity contribution in [2.24, 2.45) is 0 Å². The number of fused-ring (bicyclic) bond motifs is 1. The third-order valence-corrected chi connectivity index (χ3v) is 8.81. The van der Waals surface area contributed by atoms with Gasteiger partial charge in [0.15, 0.2) is 0 Å². The Kier molecular flexibility index (Phi) is 6.43. The van der Waals surface area contributed by atoms with Crippen LogP contribution in [0.3, 0.4) is 0 Å². The van der Waals surface area contributed by atoms with E-state index in [0.29, 0.717) is 22.0 Å². The summed E-state index contributed by atoms with van der Waals surface area (Å²) in [4.78, 5) is 34.7. The molecule has 0 aromatic carbocycles. The maximum Gasteiger partial charge on any atom is 0.261 e. The first-order valence-electron chi connectivity index (χ1n) is 11.6. The largest absolute Gasteiger partial charge is 0.350 e. The fourth-order valence-corrected chi connectivity index (χ4v) is 6.47. The Labute approximate surface area is 212 Å². The summed E-state index contributed by atoms with van der Waals surface area (Å²) in [6.07, 6.45) is 9.38. The summed E-state index contributed by atoms with van der Waals surface area (Å²) in [7, 11) is 0. The van der Waals surface area contributed by atoms with Gasteiger partial charge in [-0.1, -0.05) is 6.07 Å². The number of anilines is 1. The number of rotatable bonds is 7. The Morgan fingerprint density at radius 3 is 2.80 bits per heavy atom. The Hall–Kier alpha value is -3.08. The van der Waals surface area contributed by atoms with Crippen LogP contribution in [0.5, 0.6) is 0 Å². The van der Waals surface area contributed by atoms with E-state index in [1.54, 1.807) is 23.1 Å². The molecule has 4 aromatic rings. The minimum atomic E-state index is -0.243. The number of likely N-dealkylation sites (tertiary alicyclic amines) is 1. The van der Waals surface area contributed by atoms with E-state index in [1.165, 1.54) is 35.5 Å². The molecule has 35 heavy (non-hydrogen) atoms. The molecule has 182 valence electrons. The van der Waals surface area contributed by atoms with Crippen LogP contribution >= 0.6 is 22.7 Å². The summed E-state index contributed by atoms with van der Waals surface area (Å²) < 4.78 is 1.71. The number of hydrogen-bond donors (Lipinski definition) is 2. The number of aryl methyl sites for hydroxylation is 1. The van der Waals surface area contributed by atoms with Gasteiger partial charge in [-0.3, -0.25) is 19.5 Å². The number of thiazole rings is 1. The lowest BCUT2D eigenvalue weighted by Crippen LogP contribution is -2.42. The van der Waals surface area contributed by atoms with Crippen molar-refractivity contribution in [3.8, 4) is 10.4 Å². The molecule has 0 bridgehead atoms. The molecular formula is C25H28N6O2S2. The first-order chi connectivity index (χ1) is 16.8. The number of thiophene rings is 1. The molecule has 1 saturated heterocycles. The van der Waals surface area contributed by atoms with E-state index in [0.717, 1.165) is 33.9 Å². The zero-order valence-electron chi connectivity index (χ0n) is 20.0. The van der Waals surface area contributed by atoms with Gasteiger partial charge in [0.25, 0.3) is 11.8 Å². The zero-order valence-corrected chi connectivity index (χ0v) is 21.6. The maximum absolute atomic E-state index is 13.1. The molecule has 0 atom stereocenters. The Morgan fingerprint density at radius 1 is 1.20 bits per heavy atom. The number of nitrogens with one attached hydrogen (secondary N) is 2. The van der Waals surface area contributed by atoms with Gasteiger partial charge in [0, 0.05) is 42.8 Å². The van der Waals surface area contributed by atoms with Gasteiger partial charge in [0.1, 0.15) is 4.83 Å². The molecule has 5 rings (SSSR count). The number of aromatic nitrogens is 3. The van der Waals surface area contributed by atoms with E-state index in [4.69, 9.17) is 0 Å². The van der Waals surface area contributed by atoms with Gasteiger partial charge in [-0.2, -0.15) is 5.10 Å². The highest BCUT2D eigenvalue weighted by Crippen LogP contribution is 2.32. The quantitative estimate of drug-likeness (QED) is 0.378. The number of carbonyl (C=O) groups excluding carboxylic acids is 2. The van der Waals surface area contributed by atoms with Crippen molar-refractivity contribution in [2.45, 2.75) is 39.2 Å². The highest BCUT2D eigenvalue weighted by Gasteiger charge is 2.31. The number of carbonyl (C=O) groups is 2. The molecule has 2 amide bonds. The van der Waals surface area contributed by atoms with Gasteiger partial charge in [-0.25, -0.2) is 4.52 Å². The first-order valence-corrected chi connectivity index (χ1v) is 13.3. The summed E-state index contributed by atoms with van der Waals surface area (Å²) in [6, 6.07) is 5.69. The summed E-state index contributed by atoms with van der Waals surface area (Å²) >= 11 is 2.78. The van der Waals surface area contributed by atoms with Crippen LogP contribution in [-0.2, 0) is 0 Å². The lowest BCUT2D eigenvalue weighted by atomic mass is 10.0. The molecule has 1 aliphatic rings. The van der Waals surface area contributed by atoms with Crippen molar-refractivity contribution in [2.75, 3.05) is 25.0 Å². The zero-order chi connectivity index (χ0) is 24.6. The lowest BCUT2D eigenvalue weighted by molar-refractivity contribution is 0.0943. The molecule has 1 fully saturated rings. The fourth-order valence-electron chi connectivity index (χ4n) is 4.44. The third-order valence-electron chi connectivity index (χ3n) is 6.50. The topological polar surface area (TPSA) is 91.6 Å². The van der Waals surface area contributed by atoms with Crippen LogP contribution in [-0.4, -0.2) is 56.5 Å². The molecule has 2 N–H and O–H groups in total. The predicted octanol–water partition coefficient (Wildman–Crippen LogP) is 4.68. The minimum absolute atomic E-state index is 0.108. The molecule has 5 heterocycles. The molecule has 1 aliphatic heterocycles. The van der Waals surface area contributed by atoms with Crippen molar-refractivity contribution in [1.82, 2.24) is 24.8 Å². The molecule has 0 unspecified atom stereocenters. The molecule has 4 aromatic heterocycles. The molecule has 0 saturated carbocycles. The second-order valence-corrected chi connectivity index (χ2v) is 11.5.